The van der Waals surface area contributed by atoms with Gasteiger partial charge in [-0.15, -0.1) is 0 Å². The molecule has 0 aliphatic rings. The van der Waals surface area contributed by atoms with Crippen molar-refractivity contribution in [1.82, 2.24) is 14.8 Å². The third kappa shape index (κ3) is 3.55. The number of halogens is 2. The molecule has 0 bridgehead atoms. The Labute approximate surface area is 122 Å². The van der Waals surface area contributed by atoms with Gasteiger partial charge in [0.2, 0.25) is 0 Å². The van der Waals surface area contributed by atoms with Crippen molar-refractivity contribution in [2.45, 2.75) is 32.9 Å². The first-order valence-corrected chi connectivity index (χ1v) is 6.92. The Hall–Kier alpha value is -1.46. The van der Waals surface area contributed by atoms with E-state index in [0.29, 0.717) is 22.9 Å². The lowest BCUT2D eigenvalue weighted by Gasteiger charge is -2.15. The van der Waals surface area contributed by atoms with Gasteiger partial charge in [0.05, 0.1) is 0 Å². The smallest absolute Gasteiger partial charge is 0.138 e. The number of nitrogens with two attached hydrogens (primary N) is 1. The van der Waals surface area contributed by atoms with E-state index in [-0.39, 0.29) is 11.9 Å². The highest BCUT2D eigenvalue weighted by molar-refractivity contribution is 6.31. The molecule has 20 heavy (non-hydrogen) atoms. The summed E-state index contributed by atoms with van der Waals surface area (Å²) in [6.45, 7) is 5.02. The van der Waals surface area contributed by atoms with Crippen molar-refractivity contribution >= 4 is 11.6 Å². The second-order valence-electron chi connectivity index (χ2n) is 5.23. The summed E-state index contributed by atoms with van der Waals surface area (Å²) >= 11 is 6.03. The van der Waals surface area contributed by atoms with Gasteiger partial charge < -0.3 is 5.73 Å². The van der Waals surface area contributed by atoms with Crippen LogP contribution in [0.25, 0.3) is 0 Å². The molecule has 1 aromatic heterocycles. The fraction of sp³-hybridized carbons (Fsp3) is 0.429. The van der Waals surface area contributed by atoms with Gasteiger partial charge in [0.1, 0.15) is 18.0 Å². The van der Waals surface area contributed by atoms with Crippen LogP contribution >= 0.6 is 11.6 Å². The number of rotatable bonds is 5. The minimum Gasteiger partial charge on any atom is -0.324 e. The molecule has 2 N–H and O–H groups in total. The van der Waals surface area contributed by atoms with Crippen molar-refractivity contribution < 1.29 is 4.39 Å². The molecule has 1 atom stereocenters. The van der Waals surface area contributed by atoms with E-state index in [4.69, 9.17) is 17.3 Å². The van der Waals surface area contributed by atoms with Crippen molar-refractivity contribution in [3.8, 4) is 0 Å². The zero-order valence-corrected chi connectivity index (χ0v) is 12.3. The summed E-state index contributed by atoms with van der Waals surface area (Å²) in [6.07, 6.45) is 2.04. The number of aromatic nitrogens is 3. The van der Waals surface area contributed by atoms with Gasteiger partial charge in [0.15, 0.2) is 0 Å². The Morgan fingerprint density at radius 3 is 2.80 bits per heavy atom. The fourth-order valence-corrected chi connectivity index (χ4v) is 2.36. The predicted molar refractivity (Wildman–Crippen MR) is 76.9 cm³/mol. The molecule has 0 aliphatic carbocycles. The molecule has 0 radical (unpaired) electrons. The van der Waals surface area contributed by atoms with Crippen LogP contribution in [0.15, 0.2) is 24.5 Å². The Bertz CT molecular complexity index is 582. The summed E-state index contributed by atoms with van der Waals surface area (Å²) in [6, 6.07) is 3.92. The molecule has 0 spiro atoms. The highest BCUT2D eigenvalue weighted by Gasteiger charge is 2.15. The normalized spacial score (nSPS) is 12.9. The molecule has 0 saturated heterocycles. The average Bonchev–Trinajstić information content (AvgIpc) is 2.75. The van der Waals surface area contributed by atoms with Gasteiger partial charge in [-0.25, -0.2) is 14.1 Å². The molecule has 0 fully saturated rings. The molecule has 6 heteroatoms. The predicted octanol–water partition coefficient (Wildman–Crippen LogP) is 2.97. The van der Waals surface area contributed by atoms with Crippen LogP contribution < -0.4 is 5.73 Å². The lowest BCUT2D eigenvalue weighted by atomic mass is 10.0. The van der Waals surface area contributed by atoms with Crippen LogP contribution in [0.2, 0.25) is 5.02 Å². The summed E-state index contributed by atoms with van der Waals surface area (Å²) < 4.78 is 14.9. The van der Waals surface area contributed by atoms with E-state index < -0.39 is 0 Å². The third-order valence-electron chi connectivity index (χ3n) is 3.00. The number of nitrogens with zero attached hydrogens (tertiary/aromatic N) is 3. The highest BCUT2D eigenvalue weighted by Crippen LogP contribution is 2.24. The van der Waals surface area contributed by atoms with E-state index in [9.17, 15) is 4.39 Å². The SMILES string of the molecule is CC(C)Cn1ncnc1CC(N)c1ccc(F)cc1Cl. The van der Waals surface area contributed by atoms with Gasteiger partial charge in [0, 0.05) is 24.0 Å². The first-order chi connectivity index (χ1) is 9.47. The van der Waals surface area contributed by atoms with E-state index in [1.165, 1.54) is 18.5 Å². The van der Waals surface area contributed by atoms with E-state index in [1.54, 1.807) is 6.07 Å². The zero-order chi connectivity index (χ0) is 14.7. The van der Waals surface area contributed by atoms with Gasteiger partial charge in [-0.3, -0.25) is 0 Å². The standard InChI is InChI=1S/C14H18ClFN4/c1-9(2)7-20-14(18-8-19-20)6-13(17)11-4-3-10(16)5-12(11)15/h3-5,8-9,13H,6-7,17H2,1-2H3. The lowest BCUT2D eigenvalue weighted by Crippen LogP contribution is -2.18. The van der Waals surface area contributed by atoms with Crippen molar-refractivity contribution in [2.75, 3.05) is 0 Å². The van der Waals surface area contributed by atoms with Gasteiger partial charge in [-0.05, 0) is 23.6 Å². The second-order valence-corrected chi connectivity index (χ2v) is 5.64. The molecule has 2 aromatic rings. The summed E-state index contributed by atoms with van der Waals surface area (Å²) in [7, 11) is 0. The largest absolute Gasteiger partial charge is 0.324 e. The average molecular weight is 297 g/mol. The summed E-state index contributed by atoms with van der Waals surface area (Å²) in [5.41, 5.74) is 6.86. The zero-order valence-electron chi connectivity index (χ0n) is 11.6. The molecule has 0 saturated carbocycles. The quantitative estimate of drug-likeness (QED) is 0.923. The van der Waals surface area contributed by atoms with E-state index >= 15 is 0 Å². The van der Waals surface area contributed by atoms with Crippen LogP contribution in [0.3, 0.4) is 0 Å². The molecule has 1 heterocycles. The van der Waals surface area contributed by atoms with E-state index in [0.717, 1.165) is 12.4 Å². The molecule has 0 amide bonds. The van der Waals surface area contributed by atoms with Crippen molar-refractivity contribution in [3.63, 3.8) is 0 Å². The molecular weight excluding hydrogens is 279 g/mol. The van der Waals surface area contributed by atoms with Crippen LogP contribution in [0, 0.1) is 11.7 Å². The maximum Gasteiger partial charge on any atom is 0.138 e. The Kier molecular flexibility index (Phi) is 4.73. The number of benzene rings is 1. The van der Waals surface area contributed by atoms with Crippen molar-refractivity contribution in [3.05, 3.63) is 46.8 Å². The molecule has 1 unspecified atom stereocenters. The van der Waals surface area contributed by atoms with Gasteiger partial charge >= 0.3 is 0 Å². The van der Waals surface area contributed by atoms with E-state index in [2.05, 4.69) is 23.9 Å². The molecule has 2 rings (SSSR count). The van der Waals surface area contributed by atoms with Gasteiger partial charge in [0.25, 0.3) is 0 Å². The van der Waals surface area contributed by atoms with Gasteiger partial charge in [-0.2, -0.15) is 5.10 Å². The maximum absolute atomic E-state index is 13.0. The van der Waals surface area contributed by atoms with Crippen LogP contribution in [0.4, 0.5) is 4.39 Å². The minimum absolute atomic E-state index is 0.335. The van der Waals surface area contributed by atoms with Crippen LogP contribution in [0.5, 0.6) is 0 Å². The topological polar surface area (TPSA) is 56.7 Å². The summed E-state index contributed by atoms with van der Waals surface area (Å²) in [4.78, 5) is 4.24. The molecular formula is C14H18ClFN4. The summed E-state index contributed by atoms with van der Waals surface area (Å²) in [5, 5.41) is 4.54. The summed E-state index contributed by atoms with van der Waals surface area (Å²) in [5.74, 6) is 0.918. The molecule has 108 valence electrons. The Morgan fingerprint density at radius 2 is 2.15 bits per heavy atom. The molecule has 1 aromatic carbocycles. The number of hydrogen-bond acceptors (Lipinski definition) is 3. The lowest BCUT2D eigenvalue weighted by molar-refractivity contribution is 0.459. The van der Waals surface area contributed by atoms with Crippen LogP contribution in [0.1, 0.15) is 31.3 Å². The first-order valence-electron chi connectivity index (χ1n) is 6.54. The number of hydrogen-bond donors (Lipinski definition) is 1. The van der Waals surface area contributed by atoms with Crippen LogP contribution in [-0.4, -0.2) is 14.8 Å². The van der Waals surface area contributed by atoms with E-state index in [1.807, 2.05) is 4.68 Å². The second kappa shape index (κ2) is 6.33. The minimum atomic E-state index is -0.367. The van der Waals surface area contributed by atoms with Crippen LogP contribution in [-0.2, 0) is 13.0 Å². The maximum atomic E-state index is 13.0. The Balaban J connectivity index is 2.15. The monoisotopic (exact) mass is 296 g/mol. The molecule has 0 aliphatic heterocycles. The first kappa shape index (κ1) is 14.9. The third-order valence-corrected chi connectivity index (χ3v) is 3.33. The van der Waals surface area contributed by atoms with Crippen molar-refractivity contribution in [1.29, 1.82) is 0 Å². The highest BCUT2D eigenvalue weighted by atomic mass is 35.5. The van der Waals surface area contributed by atoms with Crippen molar-refractivity contribution in [2.24, 2.45) is 11.7 Å². The van der Waals surface area contributed by atoms with Gasteiger partial charge in [-0.1, -0.05) is 31.5 Å². The fourth-order valence-electron chi connectivity index (χ4n) is 2.05. The molecule has 4 nitrogen and oxygen atoms in total. The Morgan fingerprint density at radius 1 is 1.40 bits per heavy atom.